The van der Waals surface area contributed by atoms with E-state index in [0.717, 1.165) is 25.2 Å². The van der Waals surface area contributed by atoms with E-state index in [1.54, 1.807) is 6.07 Å². The summed E-state index contributed by atoms with van der Waals surface area (Å²) in [5.74, 6) is -1.62. The van der Waals surface area contributed by atoms with E-state index in [1.165, 1.54) is 25.0 Å². The van der Waals surface area contributed by atoms with E-state index < -0.39 is 11.6 Å². The molecule has 0 aromatic heterocycles. The lowest BCUT2D eigenvalue weighted by Gasteiger charge is -2.33. The number of rotatable bonds is 6. The summed E-state index contributed by atoms with van der Waals surface area (Å²) in [4.78, 5) is 4.63. The van der Waals surface area contributed by atoms with Gasteiger partial charge in [-0.05, 0) is 50.7 Å². The van der Waals surface area contributed by atoms with Crippen molar-refractivity contribution in [1.29, 1.82) is 0 Å². The minimum atomic E-state index is -0.815. The van der Waals surface area contributed by atoms with Crippen LogP contribution in [0.2, 0.25) is 0 Å². The van der Waals surface area contributed by atoms with Gasteiger partial charge in [0.1, 0.15) is 0 Å². The van der Waals surface area contributed by atoms with Crippen LogP contribution in [0.3, 0.4) is 0 Å². The number of nitrogens with zero attached hydrogens (tertiary/aromatic N) is 2. The van der Waals surface area contributed by atoms with Crippen LogP contribution in [0.1, 0.15) is 31.4 Å². The summed E-state index contributed by atoms with van der Waals surface area (Å²) < 4.78 is 26.5. The minimum Gasteiger partial charge on any atom is -0.329 e. The van der Waals surface area contributed by atoms with Gasteiger partial charge in [0.05, 0.1) is 0 Å². The van der Waals surface area contributed by atoms with Crippen LogP contribution in [0.15, 0.2) is 18.2 Å². The van der Waals surface area contributed by atoms with Crippen LogP contribution in [0.5, 0.6) is 0 Å². The van der Waals surface area contributed by atoms with Crippen molar-refractivity contribution in [3.8, 4) is 0 Å². The summed E-state index contributed by atoms with van der Waals surface area (Å²) in [5.41, 5.74) is 6.60. The first kappa shape index (κ1) is 16.3. The van der Waals surface area contributed by atoms with Crippen molar-refractivity contribution >= 4 is 0 Å². The Morgan fingerprint density at radius 2 is 2.14 bits per heavy atom. The second kappa shape index (κ2) is 7.29. The van der Waals surface area contributed by atoms with Gasteiger partial charge >= 0.3 is 0 Å². The fourth-order valence-electron chi connectivity index (χ4n) is 3.27. The molecule has 0 saturated carbocycles. The quantitative estimate of drug-likeness (QED) is 0.875. The predicted molar refractivity (Wildman–Crippen MR) is 81.1 cm³/mol. The van der Waals surface area contributed by atoms with Crippen molar-refractivity contribution in [2.45, 2.75) is 31.8 Å². The average Bonchev–Trinajstić information content (AvgIpc) is 2.90. The van der Waals surface area contributed by atoms with E-state index in [0.29, 0.717) is 12.6 Å². The Morgan fingerprint density at radius 1 is 1.38 bits per heavy atom. The van der Waals surface area contributed by atoms with E-state index in [1.807, 2.05) is 7.05 Å². The molecule has 2 rings (SSSR count). The van der Waals surface area contributed by atoms with Crippen molar-refractivity contribution in [3.05, 3.63) is 35.4 Å². The number of benzene rings is 1. The zero-order chi connectivity index (χ0) is 15.4. The fraction of sp³-hybridized carbons (Fsp3) is 0.625. The molecule has 2 unspecified atom stereocenters. The van der Waals surface area contributed by atoms with Gasteiger partial charge < -0.3 is 5.73 Å². The Hall–Kier alpha value is -1.04. The molecule has 21 heavy (non-hydrogen) atoms. The molecule has 0 spiro atoms. The fourth-order valence-corrected chi connectivity index (χ4v) is 3.27. The Morgan fingerprint density at radius 3 is 2.76 bits per heavy atom. The number of likely N-dealkylation sites (tertiary alicyclic amines) is 1. The van der Waals surface area contributed by atoms with Crippen LogP contribution < -0.4 is 5.73 Å². The molecule has 0 radical (unpaired) electrons. The predicted octanol–water partition coefficient (Wildman–Crippen LogP) is 2.38. The molecule has 3 nitrogen and oxygen atoms in total. The first-order valence-electron chi connectivity index (χ1n) is 7.66. The molecule has 0 bridgehead atoms. The van der Waals surface area contributed by atoms with E-state index in [-0.39, 0.29) is 6.04 Å². The van der Waals surface area contributed by atoms with E-state index >= 15 is 0 Å². The number of nitrogens with two attached hydrogens (primary N) is 1. The monoisotopic (exact) mass is 297 g/mol. The zero-order valence-electron chi connectivity index (χ0n) is 12.9. The SMILES string of the molecule is CCN1CCCC1CN(C)C(CN)c1ccc(F)c(F)c1. The van der Waals surface area contributed by atoms with E-state index in [9.17, 15) is 8.78 Å². The molecule has 1 saturated heterocycles. The molecule has 1 heterocycles. The lowest BCUT2D eigenvalue weighted by Crippen LogP contribution is -2.41. The third-order valence-corrected chi connectivity index (χ3v) is 4.49. The Balaban J connectivity index is 2.07. The molecule has 0 aliphatic carbocycles. The summed E-state index contributed by atoms with van der Waals surface area (Å²) in [5, 5.41) is 0. The van der Waals surface area contributed by atoms with Crippen LogP contribution in [0, 0.1) is 11.6 Å². The van der Waals surface area contributed by atoms with Crippen molar-refractivity contribution in [1.82, 2.24) is 9.80 Å². The first-order chi connectivity index (χ1) is 10.1. The van der Waals surface area contributed by atoms with Gasteiger partial charge in [0.2, 0.25) is 0 Å². The summed E-state index contributed by atoms with van der Waals surface area (Å²) in [6, 6.07) is 4.50. The minimum absolute atomic E-state index is 0.0839. The third-order valence-electron chi connectivity index (χ3n) is 4.49. The first-order valence-corrected chi connectivity index (χ1v) is 7.66. The van der Waals surface area contributed by atoms with Crippen molar-refractivity contribution in [3.63, 3.8) is 0 Å². The van der Waals surface area contributed by atoms with Gasteiger partial charge in [0.25, 0.3) is 0 Å². The number of halogens is 2. The van der Waals surface area contributed by atoms with Gasteiger partial charge in [0.15, 0.2) is 11.6 Å². The van der Waals surface area contributed by atoms with Gasteiger partial charge in [-0.2, -0.15) is 0 Å². The molecular weight excluding hydrogens is 272 g/mol. The molecule has 2 N–H and O–H groups in total. The molecule has 0 amide bonds. The van der Waals surface area contributed by atoms with Crippen molar-refractivity contribution < 1.29 is 8.78 Å². The molecule has 1 aliphatic rings. The molecule has 2 atom stereocenters. The van der Waals surface area contributed by atoms with Gasteiger partial charge in [-0.25, -0.2) is 8.78 Å². The summed E-state index contributed by atoms with van der Waals surface area (Å²) >= 11 is 0. The second-order valence-corrected chi connectivity index (χ2v) is 5.79. The highest BCUT2D eigenvalue weighted by molar-refractivity contribution is 5.21. The average molecular weight is 297 g/mol. The largest absolute Gasteiger partial charge is 0.329 e. The highest BCUT2D eigenvalue weighted by Crippen LogP contribution is 2.24. The zero-order valence-corrected chi connectivity index (χ0v) is 12.9. The van der Waals surface area contributed by atoms with Gasteiger partial charge in [-0.3, -0.25) is 9.80 Å². The van der Waals surface area contributed by atoms with Crippen LogP contribution in [-0.2, 0) is 0 Å². The second-order valence-electron chi connectivity index (χ2n) is 5.79. The van der Waals surface area contributed by atoms with E-state index in [2.05, 4.69) is 16.7 Å². The van der Waals surface area contributed by atoms with Crippen LogP contribution in [0.4, 0.5) is 8.78 Å². The highest BCUT2D eigenvalue weighted by Gasteiger charge is 2.26. The maximum absolute atomic E-state index is 13.4. The van der Waals surface area contributed by atoms with Crippen molar-refractivity contribution in [2.75, 3.05) is 33.2 Å². The van der Waals surface area contributed by atoms with Gasteiger partial charge in [-0.1, -0.05) is 13.0 Å². The lowest BCUT2D eigenvalue weighted by atomic mass is 10.0. The standard InChI is InChI=1S/C16H25F2N3/c1-3-21-8-4-5-13(21)11-20(2)16(10-19)12-6-7-14(17)15(18)9-12/h6-7,9,13,16H,3-5,8,10-11,19H2,1-2H3. The molecule has 1 aromatic carbocycles. The summed E-state index contributed by atoms with van der Waals surface area (Å²) in [7, 11) is 2.00. The molecule has 1 fully saturated rings. The van der Waals surface area contributed by atoms with E-state index in [4.69, 9.17) is 5.73 Å². The number of hydrogen-bond acceptors (Lipinski definition) is 3. The number of hydrogen-bond donors (Lipinski definition) is 1. The maximum Gasteiger partial charge on any atom is 0.159 e. The Kier molecular flexibility index (Phi) is 5.67. The maximum atomic E-state index is 13.4. The van der Waals surface area contributed by atoms with Gasteiger partial charge in [0, 0.05) is 25.2 Å². The van der Waals surface area contributed by atoms with Crippen LogP contribution in [0.25, 0.3) is 0 Å². The normalized spacial score (nSPS) is 21.1. The molecule has 1 aliphatic heterocycles. The van der Waals surface area contributed by atoms with Crippen LogP contribution >= 0.6 is 0 Å². The lowest BCUT2D eigenvalue weighted by molar-refractivity contribution is 0.165. The Labute approximate surface area is 125 Å². The smallest absolute Gasteiger partial charge is 0.159 e. The molecule has 1 aromatic rings. The number of likely N-dealkylation sites (N-methyl/N-ethyl adjacent to an activating group) is 2. The van der Waals surface area contributed by atoms with Crippen LogP contribution in [-0.4, -0.2) is 49.1 Å². The topological polar surface area (TPSA) is 32.5 Å². The highest BCUT2D eigenvalue weighted by atomic mass is 19.2. The Bertz CT molecular complexity index is 467. The molecule has 118 valence electrons. The summed E-state index contributed by atoms with van der Waals surface area (Å²) in [6.45, 7) is 5.66. The summed E-state index contributed by atoms with van der Waals surface area (Å²) in [6.07, 6.45) is 2.41. The van der Waals surface area contributed by atoms with Gasteiger partial charge in [-0.15, -0.1) is 0 Å². The molecule has 5 heteroatoms. The van der Waals surface area contributed by atoms with Crippen molar-refractivity contribution in [2.24, 2.45) is 5.73 Å². The third kappa shape index (κ3) is 3.78. The molecular formula is C16H25F2N3.